The molecule has 0 aliphatic carbocycles. The van der Waals surface area contributed by atoms with Crippen molar-refractivity contribution >= 4 is 22.2 Å². The molecule has 200 valence electrons. The highest BCUT2D eigenvalue weighted by atomic mass is 35.5. The molecule has 0 saturated carbocycles. The highest BCUT2D eigenvalue weighted by Gasteiger charge is 2.26. The number of hydrogen-bond donors (Lipinski definition) is 0. The van der Waals surface area contributed by atoms with E-state index in [4.69, 9.17) is 9.51 Å². The topological polar surface area (TPSA) is 76.3 Å². The zero-order valence-electron chi connectivity index (χ0n) is 21.6. The average Bonchev–Trinajstić information content (AvgIpc) is 3.38. The predicted molar refractivity (Wildman–Crippen MR) is 152 cm³/mol. The zero-order valence-corrected chi connectivity index (χ0v) is 23.2. The number of aromatic nitrogens is 2. The van der Waals surface area contributed by atoms with Gasteiger partial charge in [0.1, 0.15) is 0 Å². The van der Waals surface area contributed by atoms with E-state index < -0.39 is 9.84 Å². The Morgan fingerprint density at radius 3 is 2.13 bits per heavy atom. The standard InChI is InChI=1S/C30H33N3O3S.ClH/c1-37(34,35)27-14-12-25(13-15-27)28(24-10-6-3-7-11-24)18-21-33-19-16-26(17-20-33)30-31-29(32-36-30)22-23-8-4-2-5-9-23;/h2-15,26,28H,16-22H2,1H3;1H/t28-;/m0./s1. The Labute approximate surface area is 231 Å². The summed E-state index contributed by atoms with van der Waals surface area (Å²) in [4.78, 5) is 7.56. The first kappa shape index (κ1) is 28.0. The maximum atomic E-state index is 11.9. The SMILES string of the molecule is CS(=O)(=O)c1ccc([C@@H](CCN2CCC(c3nc(Cc4ccccc4)no3)CC2)c2ccccc2)cc1.Cl. The summed E-state index contributed by atoms with van der Waals surface area (Å²) in [6.45, 7) is 2.97. The summed E-state index contributed by atoms with van der Waals surface area (Å²) in [5.41, 5.74) is 3.58. The second kappa shape index (κ2) is 12.7. The van der Waals surface area contributed by atoms with Crippen molar-refractivity contribution < 1.29 is 12.9 Å². The zero-order chi connectivity index (χ0) is 25.7. The molecule has 0 radical (unpaired) electrons. The monoisotopic (exact) mass is 551 g/mol. The van der Waals surface area contributed by atoms with E-state index in [9.17, 15) is 8.42 Å². The van der Waals surface area contributed by atoms with E-state index in [-0.39, 0.29) is 18.3 Å². The van der Waals surface area contributed by atoms with Gasteiger partial charge in [0, 0.05) is 24.5 Å². The van der Waals surface area contributed by atoms with Gasteiger partial charge in [0.2, 0.25) is 5.89 Å². The molecule has 1 atom stereocenters. The van der Waals surface area contributed by atoms with Gasteiger partial charge in [-0.25, -0.2) is 8.42 Å². The van der Waals surface area contributed by atoms with Crippen molar-refractivity contribution in [2.75, 3.05) is 25.9 Å². The van der Waals surface area contributed by atoms with Crippen LogP contribution in [0.5, 0.6) is 0 Å². The van der Waals surface area contributed by atoms with E-state index in [1.54, 1.807) is 12.1 Å². The Morgan fingerprint density at radius 2 is 1.50 bits per heavy atom. The molecule has 1 saturated heterocycles. The number of nitrogens with zero attached hydrogens (tertiary/aromatic N) is 3. The molecule has 4 aromatic rings. The quantitative estimate of drug-likeness (QED) is 0.258. The fraction of sp³-hybridized carbons (Fsp3) is 0.333. The van der Waals surface area contributed by atoms with Gasteiger partial charge < -0.3 is 9.42 Å². The Balaban J connectivity index is 0.00000336. The molecule has 6 nitrogen and oxygen atoms in total. The van der Waals surface area contributed by atoms with Crippen LogP contribution in [0.4, 0.5) is 0 Å². The molecule has 1 aliphatic heterocycles. The molecule has 1 aliphatic rings. The van der Waals surface area contributed by atoms with Crippen LogP contribution in [0.1, 0.15) is 59.5 Å². The smallest absolute Gasteiger partial charge is 0.229 e. The first-order valence-electron chi connectivity index (χ1n) is 12.9. The Morgan fingerprint density at radius 1 is 0.895 bits per heavy atom. The summed E-state index contributed by atoms with van der Waals surface area (Å²) in [7, 11) is -3.21. The number of rotatable bonds is 9. The van der Waals surface area contributed by atoms with E-state index in [2.05, 4.69) is 46.5 Å². The first-order valence-corrected chi connectivity index (χ1v) is 14.8. The summed E-state index contributed by atoms with van der Waals surface area (Å²) >= 11 is 0. The van der Waals surface area contributed by atoms with Crippen LogP contribution in [-0.2, 0) is 16.3 Å². The van der Waals surface area contributed by atoms with E-state index in [0.29, 0.717) is 17.2 Å². The number of likely N-dealkylation sites (tertiary alicyclic amines) is 1. The third kappa shape index (κ3) is 7.10. The van der Waals surface area contributed by atoms with Crippen molar-refractivity contribution in [3.8, 4) is 0 Å². The molecule has 5 rings (SSSR count). The third-order valence-corrected chi connectivity index (χ3v) is 8.40. The van der Waals surface area contributed by atoms with Crippen molar-refractivity contribution in [3.63, 3.8) is 0 Å². The highest BCUT2D eigenvalue weighted by Crippen LogP contribution is 2.31. The van der Waals surface area contributed by atoms with Gasteiger partial charge in [-0.15, -0.1) is 12.4 Å². The minimum atomic E-state index is -3.21. The van der Waals surface area contributed by atoms with Crippen LogP contribution < -0.4 is 0 Å². The van der Waals surface area contributed by atoms with E-state index in [1.165, 1.54) is 17.4 Å². The molecule has 1 aromatic heterocycles. The van der Waals surface area contributed by atoms with E-state index in [0.717, 1.165) is 56.2 Å². The molecule has 0 bridgehead atoms. The molecule has 1 fully saturated rings. The largest absolute Gasteiger partial charge is 0.339 e. The molecule has 0 amide bonds. The maximum Gasteiger partial charge on any atom is 0.229 e. The summed E-state index contributed by atoms with van der Waals surface area (Å²) < 4.78 is 29.5. The van der Waals surface area contributed by atoms with Gasteiger partial charge in [0.15, 0.2) is 15.7 Å². The lowest BCUT2D eigenvalue weighted by molar-refractivity contribution is 0.190. The number of halogens is 1. The summed E-state index contributed by atoms with van der Waals surface area (Å²) in [6, 6.07) is 28.1. The van der Waals surface area contributed by atoms with Gasteiger partial charge >= 0.3 is 0 Å². The Bertz CT molecular complexity index is 1390. The third-order valence-electron chi connectivity index (χ3n) is 7.27. The highest BCUT2D eigenvalue weighted by molar-refractivity contribution is 7.90. The van der Waals surface area contributed by atoms with E-state index >= 15 is 0 Å². The summed E-state index contributed by atoms with van der Waals surface area (Å²) in [5, 5.41) is 4.22. The summed E-state index contributed by atoms with van der Waals surface area (Å²) in [5.74, 6) is 2.03. The van der Waals surface area contributed by atoms with Gasteiger partial charge in [0.05, 0.1) is 4.90 Å². The van der Waals surface area contributed by atoms with Gasteiger partial charge in [-0.1, -0.05) is 78.0 Å². The number of hydrogen-bond acceptors (Lipinski definition) is 6. The molecule has 8 heteroatoms. The van der Waals surface area contributed by atoms with Crippen LogP contribution in [0.3, 0.4) is 0 Å². The number of sulfone groups is 1. The molecule has 0 unspecified atom stereocenters. The molecule has 3 aromatic carbocycles. The normalized spacial score (nSPS) is 15.6. The van der Waals surface area contributed by atoms with Gasteiger partial charge in [-0.2, -0.15) is 4.98 Å². The Kier molecular flexibility index (Phi) is 9.36. The van der Waals surface area contributed by atoms with Crippen molar-refractivity contribution in [2.24, 2.45) is 0 Å². The van der Waals surface area contributed by atoms with Crippen LogP contribution in [0.15, 0.2) is 94.3 Å². The van der Waals surface area contributed by atoms with Crippen LogP contribution in [0.25, 0.3) is 0 Å². The van der Waals surface area contributed by atoms with Crippen LogP contribution in [0.2, 0.25) is 0 Å². The first-order chi connectivity index (χ1) is 18.0. The van der Waals surface area contributed by atoms with Gasteiger partial charge in [-0.05, 0) is 67.7 Å². The second-order valence-corrected chi connectivity index (χ2v) is 11.9. The van der Waals surface area contributed by atoms with Gasteiger partial charge in [-0.3, -0.25) is 0 Å². The minimum Gasteiger partial charge on any atom is -0.339 e. The molecular weight excluding hydrogens is 518 g/mol. The van der Waals surface area contributed by atoms with Crippen LogP contribution >= 0.6 is 12.4 Å². The maximum absolute atomic E-state index is 11.9. The van der Waals surface area contributed by atoms with Crippen molar-refractivity contribution in [1.82, 2.24) is 15.0 Å². The van der Waals surface area contributed by atoms with Gasteiger partial charge in [0.25, 0.3) is 0 Å². The van der Waals surface area contributed by atoms with Crippen LogP contribution in [-0.4, -0.2) is 49.3 Å². The second-order valence-electron chi connectivity index (χ2n) is 9.92. The average molecular weight is 552 g/mol. The lowest BCUT2D eigenvalue weighted by Crippen LogP contribution is -2.34. The number of piperidine rings is 1. The molecule has 0 N–H and O–H groups in total. The fourth-order valence-electron chi connectivity index (χ4n) is 5.16. The Hall–Kier alpha value is -3.00. The lowest BCUT2D eigenvalue weighted by atomic mass is 9.88. The number of benzene rings is 3. The minimum absolute atomic E-state index is 0. The van der Waals surface area contributed by atoms with Crippen molar-refractivity contribution in [2.45, 2.75) is 42.4 Å². The fourth-order valence-corrected chi connectivity index (χ4v) is 5.79. The van der Waals surface area contributed by atoms with Crippen molar-refractivity contribution in [3.05, 3.63) is 113 Å². The molecule has 38 heavy (non-hydrogen) atoms. The molecule has 2 heterocycles. The predicted octanol–water partition coefficient (Wildman–Crippen LogP) is 5.89. The van der Waals surface area contributed by atoms with E-state index in [1.807, 2.05) is 36.4 Å². The van der Waals surface area contributed by atoms with Crippen molar-refractivity contribution in [1.29, 1.82) is 0 Å². The molecular formula is C30H34ClN3O3S. The summed E-state index contributed by atoms with van der Waals surface area (Å²) in [6.07, 6.45) is 4.92. The lowest BCUT2D eigenvalue weighted by Gasteiger charge is -2.31. The molecule has 0 spiro atoms. The van der Waals surface area contributed by atoms with Crippen LogP contribution in [0, 0.1) is 0 Å².